The zero-order valence-electron chi connectivity index (χ0n) is 14.7. The SMILES string of the molecule is CC(C(=O)Nc1ccccc1Cl)N1CCN(C(=O)c2ccccc2)CC1. The van der Waals surface area contributed by atoms with Crippen LogP contribution in [-0.4, -0.2) is 53.8 Å². The molecule has 136 valence electrons. The molecule has 0 aromatic heterocycles. The minimum atomic E-state index is -0.291. The third-order valence-corrected chi connectivity index (χ3v) is 5.01. The first-order valence-corrected chi connectivity index (χ1v) is 9.08. The second kappa shape index (κ2) is 8.34. The Kier molecular flexibility index (Phi) is 5.91. The van der Waals surface area contributed by atoms with E-state index >= 15 is 0 Å². The highest BCUT2D eigenvalue weighted by Crippen LogP contribution is 2.21. The maximum atomic E-state index is 12.5. The number of hydrogen-bond donors (Lipinski definition) is 1. The maximum Gasteiger partial charge on any atom is 0.253 e. The third-order valence-electron chi connectivity index (χ3n) is 4.68. The smallest absolute Gasteiger partial charge is 0.253 e. The molecular weight excluding hydrogens is 350 g/mol. The van der Waals surface area contributed by atoms with Crippen molar-refractivity contribution in [2.45, 2.75) is 13.0 Å². The number of nitrogens with one attached hydrogen (secondary N) is 1. The van der Waals surface area contributed by atoms with Crippen LogP contribution in [0.4, 0.5) is 5.69 Å². The fraction of sp³-hybridized carbons (Fsp3) is 0.300. The fourth-order valence-corrected chi connectivity index (χ4v) is 3.22. The lowest BCUT2D eigenvalue weighted by Gasteiger charge is -2.37. The van der Waals surface area contributed by atoms with Crippen LogP contribution in [0, 0.1) is 0 Å². The van der Waals surface area contributed by atoms with Crippen LogP contribution >= 0.6 is 11.6 Å². The Balaban J connectivity index is 1.55. The van der Waals surface area contributed by atoms with Gasteiger partial charge >= 0.3 is 0 Å². The van der Waals surface area contributed by atoms with Crippen LogP contribution in [0.2, 0.25) is 5.02 Å². The molecule has 1 fully saturated rings. The van der Waals surface area contributed by atoms with Crippen LogP contribution in [0.5, 0.6) is 0 Å². The Morgan fingerprint density at radius 3 is 2.23 bits per heavy atom. The summed E-state index contributed by atoms with van der Waals surface area (Å²) in [5.74, 6) is -0.0562. The van der Waals surface area contributed by atoms with Crippen LogP contribution in [0.1, 0.15) is 17.3 Å². The quantitative estimate of drug-likeness (QED) is 0.898. The molecule has 26 heavy (non-hydrogen) atoms. The third kappa shape index (κ3) is 4.23. The maximum absolute atomic E-state index is 12.5. The number of para-hydroxylation sites is 1. The van der Waals surface area contributed by atoms with Gasteiger partial charge in [-0.3, -0.25) is 14.5 Å². The standard InChI is InChI=1S/C20H22ClN3O2/c1-15(19(25)22-18-10-6-5-9-17(18)21)23-11-13-24(14-12-23)20(26)16-7-3-2-4-8-16/h2-10,15H,11-14H2,1H3,(H,22,25). The molecule has 0 radical (unpaired) electrons. The molecule has 0 spiro atoms. The van der Waals surface area contributed by atoms with Crippen LogP contribution < -0.4 is 5.32 Å². The Morgan fingerprint density at radius 2 is 1.58 bits per heavy atom. The van der Waals surface area contributed by atoms with Crippen molar-refractivity contribution in [2.24, 2.45) is 0 Å². The van der Waals surface area contributed by atoms with Crippen molar-refractivity contribution in [1.82, 2.24) is 9.80 Å². The predicted molar refractivity (Wildman–Crippen MR) is 103 cm³/mol. The van der Waals surface area contributed by atoms with Gasteiger partial charge in [-0.25, -0.2) is 0 Å². The van der Waals surface area contributed by atoms with Gasteiger partial charge in [-0.05, 0) is 31.2 Å². The number of anilines is 1. The summed E-state index contributed by atoms with van der Waals surface area (Å²) in [7, 11) is 0. The molecule has 1 heterocycles. The van der Waals surface area contributed by atoms with Crippen molar-refractivity contribution in [3.05, 3.63) is 65.2 Å². The van der Waals surface area contributed by atoms with Gasteiger partial charge in [0.25, 0.3) is 5.91 Å². The van der Waals surface area contributed by atoms with Gasteiger partial charge in [0.1, 0.15) is 0 Å². The highest BCUT2D eigenvalue weighted by atomic mass is 35.5. The molecule has 2 amide bonds. The average Bonchev–Trinajstić information content (AvgIpc) is 2.69. The summed E-state index contributed by atoms with van der Waals surface area (Å²) in [5.41, 5.74) is 1.31. The number of hydrogen-bond acceptors (Lipinski definition) is 3. The average molecular weight is 372 g/mol. The van der Waals surface area contributed by atoms with Gasteiger partial charge in [0.2, 0.25) is 5.91 Å². The minimum absolute atomic E-state index is 0.0402. The van der Waals surface area contributed by atoms with E-state index in [9.17, 15) is 9.59 Å². The normalized spacial score (nSPS) is 16.2. The lowest BCUT2D eigenvalue weighted by Crippen LogP contribution is -2.54. The Morgan fingerprint density at radius 1 is 0.962 bits per heavy atom. The summed E-state index contributed by atoms with van der Waals surface area (Å²) < 4.78 is 0. The van der Waals surface area contributed by atoms with Crippen molar-refractivity contribution >= 4 is 29.1 Å². The van der Waals surface area contributed by atoms with Gasteiger partial charge in [-0.15, -0.1) is 0 Å². The van der Waals surface area contributed by atoms with Crippen molar-refractivity contribution < 1.29 is 9.59 Å². The zero-order valence-corrected chi connectivity index (χ0v) is 15.4. The van der Waals surface area contributed by atoms with E-state index in [1.54, 1.807) is 12.1 Å². The van der Waals surface area contributed by atoms with Crippen molar-refractivity contribution in [3.63, 3.8) is 0 Å². The monoisotopic (exact) mass is 371 g/mol. The number of carbonyl (C=O) groups excluding carboxylic acids is 2. The molecule has 1 aliphatic heterocycles. The van der Waals surface area contributed by atoms with Crippen LogP contribution in [0.25, 0.3) is 0 Å². The molecule has 1 atom stereocenters. The number of rotatable bonds is 4. The number of nitrogens with zero attached hydrogens (tertiary/aromatic N) is 2. The highest BCUT2D eigenvalue weighted by Gasteiger charge is 2.28. The number of carbonyl (C=O) groups is 2. The van der Waals surface area contributed by atoms with Gasteiger partial charge < -0.3 is 10.2 Å². The number of benzene rings is 2. The second-order valence-electron chi connectivity index (χ2n) is 6.34. The Bertz CT molecular complexity index is 774. The molecule has 1 unspecified atom stereocenters. The first-order valence-electron chi connectivity index (χ1n) is 8.70. The predicted octanol–water partition coefficient (Wildman–Crippen LogP) is 3.13. The van der Waals surface area contributed by atoms with E-state index in [0.29, 0.717) is 42.5 Å². The van der Waals surface area contributed by atoms with Crippen LogP contribution in [0.3, 0.4) is 0 Å². The molecular formula is C20H22ClN3O2. The van der Waals surface area contributed by atoms with E-state index in [1.165, 1.54) is 0 Å². The molecule has 2 aromatic carbocycles. The highest BCUT2D eigenvalue weighted by molar-refractivity contribution is 6.33. The molecule has 2 aromatic rings. The van der Waals surface area contributed by atoms with Crippen LogP contribution in [0.15, 0.2) is 54.6 Å². The number of halogens is 1. The summed E-state index contributed by atoms with van der Waals surface area (Å²) in [4.78, 5) is 28.9. The molecule has 1 N–H and O–H groups in total. The number of amides is 2. The molecule has 0 bridgehead atoms. The van der Waals surface area contributed by atoms with Crippen LogP contribution in [-0.2, 0) is 4.79 Å². The topological polar surface area (TPSA) is 52.7 Å². The molecule has 6 heteroatoms. The first-order chi connectivity index (χ1) is 12.6. The zero-order chi connectivity index (χ0) is 18.5. The number of piperazine rings is 1. The van der Waals surface area contributed by atoms with Crippen molar-refractivity contribution in [1.29, 1.82) is 0 Å². The van der Waals surface area contributed by atoms with Gasteiger partial charge in [-0.2, -0.15) is 0 Å². The summed E-state index contributed by atoms with van der Waals surface area (Å²) in [5, 5.41) is 3.39. The fourth-order valence-electron chi connectivity index (χ4n) is 3.04. The van der Waals surface area contributed by atoms with Gasteiger partial charge in [0.05, 0.1) is 16.8 Å². The molecule has 1 saturated heterocycles. The molecule has 0 aliphatic carbocycles. The summed E-state index contributed by atoms with van der Waals surface area (Å²) >= 11 is 6.10. The lowest BCUT2D eigenvalue weighted by atomic mass is 10.1. The van der Waals surface area contributed by atoms with E-state index in [0.717, 1.165) is 0 Å². The Labute approximate surface area is 158 Å². The molecule has 3 rings (SSSR count). The van der Waals surface area contributed by atoms with Gasteiger partial charge in [0.15, 0.2) is 0 Å². The molecule has 0 saturated carbocycles. The Hall–Kier alpha value is -2.37. The van der Waals surface area contributed by atoms with E-state index in [1.807, 2.05) is 54.3 Å². The van der Waals surface area contributed by atoms with E-state index in [4.69, 9.17) is 11.6 Å². The lowest BCUT2D eigenvalue weighted by molar-refractivity contribution is -0.121. The van der Waals surface area contributed by atoms with Crippen molar-refractivity contribution in [3.8, 4) is 0 Å². The van der Waals surface area contributed by atoms with E-state index in [-0.39, 0.29) is 17.9 Å². The summed E-state index contributed by atoms with van der Waals surface area (Å²) in [6, 6.07) is 16.2. The summed E-state index contributed by atoms with van der Waals surface area (Å²) in [6.07, 6.45) is 0. The largest absolute Gasteiger partial charge is 0.336 e. The summed E-state index contributed by atoms with van der Waals surface area (Å²) in [6.45, 7) is 4.42. The van der Waals surface area contributed by atoms with E-state index < -0.39 is 0 Å². The first kappa shape index (κ1) is 18.4. The van der Waals surface area contributed by atoms with Gasteiger partial charge in [0, 0.05) is 31.7 Å². The van der Waals surface area contributed by atoms with E-state index in [2.05, 4.69) is 10.2 Å². The minimum Gasteiger partial charge on any atom is -0.336 e. The molecule has 1 aliphatic rings. The molecule has 5 nitrogen and oxygen atoms in total. The van der Waals surface area contributed by atoms with Crippen molar-refractivity contribution in [2.75, 3.05) is 31.5 Å². The second-order valence-corrected chi connectivity index (χ2v) is 6.75. The van der Waals surface area contributed by atoms with Gasteiger partial charge in [-0.1, -0.05) is 41.9 Å².